The van der Waals surface area contributed by atoms with Crippen molar-refractivity contribution in [3.05, 3.63) is 30.1 Å². The van der Waals surface area contributed by atoms with Gasteiger partial charge < -0.3 is 15.0 Å². The Balaban J connectivity index is 2.09. The van der Waals surface area contributed by atoms with Crippen LogP contribution in [-0.4, -0.2) is 16.7 Å². The Morgan fingerprint density at radius 2 is 2.15 bits per heavy atom. The van der Waals surface area contributed by atoms with Gasteiger partial charge in [0.05, 0.1) is 7.11 Å². The van der Waals surface area contributed by atoms with Gasteiger partial charge in [-0.1, -0.05) is 19.1 Å². The molecule has 2 atom stereocenters. The molecule has 106 valence electrons. The van der Waals surface area contributed by atoms with Gasteiger partial charge in [-0.25, -0.2) is 4.98 Å². The van der Waals surface area contributed by atoms with E-state index < -0.39 is 0 Å². The van der Waals surface area contributed by atoms with Gasteiger partial charge in [-0.15, -0.1) is 0 Å². The standard InChI is InChI=1S/C16H21N3O/c1-10-7-11(2)19-14(8-10)18-15(16(19)17)12-5-4-6-13(9-12)20-3/h4-6,9-11H,7-8,17H2,1-3H3. The van der Waals surface area contributed by atoms with Gasteiger partial charge in [0.25, 0.3) is 0 Å². The molecule has 0 aliphatic carbocycles. The second kappa shape index (κ2) is 4.85. The largest absolute Gasteiger partial charge is 0.497 e. The van der Waals surface area contributed by atoms with Crippen molar-refractivity contribution in [2.45, 2.75) is 32.7 Å². The normalized spacial score (nSPS) is 21.6. The molecule has 4 heteroatoms. The SMILES string of the molecule is COc1cccc(-c2nc3n(c2N)C(C)CC(C)C3)c1. The Morgan fingerprint density at radius 3 is 2.90 bits per heavy atom. The number of aromatic nitrogens is 2. The summed E-state index contributed by atoms with van der Waals surface area (Å²) < 4.78 is 7.47. The molecule has 0 bridgehead atoms. The third kappa shape index (κ3) is 2.05. The van der Waals surface area contributed by atoms with Crippen molar-refractivity contribution in [1.82, 2.24) is 9.55 Å². The Hall–Kier alpha value is -1.97. The lowest BCUT2D eigenvalue weighted by molar-refractivity contribution is 0.346. The number of hydrogen-bond acceptors (Lipinski definition) is 3. The molecule has 1 aliphatic heterocycles. The lowest BCUT2D eigenvalue weighted by Gasteiger charge is -2.27. The summed E-state index contributed by atoms with van der Waals surface area (Å²) in [7, 11) is 1.67. The van der Waals surface area contributed by atoms with Crippen molar-refractivity contribution in [2.24, 2.45) is 5.92 Å². The summed E-state index contributed by atoms with van der Waals surface area (Å²) in [5, 5.41) is 0. The molecule has 2 unspecified atom stereocenters. The van der Waals surface area contributed by atoms with E-state index in [1.54, 1.807) is 7.11 Å². The van der Waals surface area contributed by atoms with Gasteiger partial charge >= 0.3 is 0 Å². The number of rotatable bonds is 2. The number of fused-ring (bicyclic) bond motifs is 1. The Bertz CT molecular complexity index is 633. The highest BCUT2D eigenvalue weighted by atomic mass is 16.5. The third-order valence-corrected chi connectivity index (χ3v) is 4.08. The number of ether oxygens (including phenoxy) is 1. The quantitative estimate of drug-likeness (QED) is 0.912. The van der Waals surface area contributed by atoms with Crippen molar-refractivity contribution in [3.63, 3.8) is 0 Å². The van der Waals surface area contributed by atoms with Crippen molar-refractivity contribution < 1.29 is 4.74 Å². The molecule has 1 aromatic heterocycles. The highest BCUT2D eigenvalue weighted by Crippen LogP contribution is 2.36. The molecule has 4 nitrogen and oxygen atoms in total. The van der Waals surface area contributed by atoms with Gasteiger partial charge in [0.15, 0.2) is 0 Å². The number of anilines is 1. The van der Waals surface area contributed by atoms with E-state index in [9.17, 15) is 0 Å². The predicted molar refractivity (Wildman–Crippen MR) is 80.8 cm³/mol. The molecule has 0 fully saturated rings. The van der Waals surface area contributed by atoms with Crippen molar-refractivity contribution in [2.75, 3.05) is 12.8 Å². The van der Waals surface area contributed by atoms with Crippen LogP contribution in [-0.2, 0) is 6.42 Å². The van der Waals surface area contributed by atoms with Gasteiger partial charge in [0.1, 0.15) is 23.1 Å². The summed E-state index contributed by atoms with van der Waals surface area (Å²) in [5.74, 6) is 3.37. The zero-order valence-electron chi connectivity index (χ0n) is 12.3. The number of nitrogens with zero attached hydrogens (tertiary/aromatic N) is 2. The smallest absolute Gasteiger partial charge is 0.131 e. The first-order valence-corrected chi connectivity index (χ1v) is 7.11. The lowest BCUT2D eigenvalue weighted by Crippen LogP contribution is -2.22. The Kier molecular flexibility index (Phi) is 3.16. The Morgan fingerprint density at radius 1 is 1.35 bits per heavy atom. The maximum atomic E-state index is 6.34. The van der Waals surface area contributed by atoms with Crippen LogP contribution in [0.2, 0.25) is 0 Å². The van der Waals surface area contributed by atoms with E-state index in [2.05, 4.69) is 18.4 Å². The molecule has 0 amide bonds. The lowest BCUT2D eigenvalue weighted by atomic mass is 9.95. The molecular formula is C16H21N3O. The van der Waals surface area contributed by atoms with Crippen LogP contribution >= 0.6 is 0 Å². The van der Waals surface area contributed by atoms with Gasteiger partial charge in [-0.3, -0.25) is 0 Å². The van der Waals surface area contributed by atoms with Crippen LogP contribution in [0, 0.1) is 5.92 Å². The fourth-order valence-corrected chi connectivity index (χ4v) is 3.19. The summed E-state index contributed by atoms with van der Waals surface area (Å²) >= 11 is 0. The van der Waals surface area contributed by atoms with Crippen LogP contribution in [0.3, 0.4) is 0 Å². The van der Waals surface area contributed by atoms with E-state index in [1.165, 1.54) is 0 Å². The van der Waals surface area contributed by atoms with E-state index in [4.69, 9.17) is 15.5 Å². The van der Waals surface area contributed by atoms with Crippen LogP contribution in [0.5, 0.6) is 5.75 Å². The van der Waals surface area contributed by atoms with E-state index in [-0.39, 0.29) is 0 Å². The highest BCUT2D eigenvalue weighted by Gasteiger charge is 2.26. The monoisotopic (exact) mass is 271 g/mol. The maximum Gasteiger partial charge on any atom is 0.131 e. The van der Waals surface area contributed by atoms with Crippen LogP contribution in [0.4, 0.5) is 5.82 Å². The zero-order valence-corrected chi connectivity index (χ0v) is 12.3. The van der Waals surface area contributed by atoms with Crippen LogP contribution in [0.15, 0.2) is 24.3 Å². The fraction of sp³-hybridized carbons (Fsp3) is 0.438. The summed E-state index contributed by atoms with van der Waals surface area (Å²) in [6, 6.07) is 8.33. The number of nitrogens with two attached hydrogens (primary N) is 1. The average Bonchev–Trinajstić information content (AvgIpc) is 2.76. The predicted octanol–water partition coefficient (Wildman–Crippen LogP) is 3.28. The summed E-state index contributed by atoms with van der Waals surface area (Å²) in [6.07, 6.45) is 2.16. The number of methoxy groups -OCH3 is 1. The van der Waals surface area contributed by atoms with Gasteiger partial charge in [-0.05, 0) is 31.4 Å². The van der Waals surface area contributed by atoms with Crippen LogP contribution in [0.1, 0.15) is 32.1 Å². The molecule has 3 rings (SSSR count). The zero-order chi connectivity index (χ0) is 14.3. The van der Waals surface area contributed by atoms with E-state index in [1.807, 2.05) is 24.3 Å². The number of imidazole rings is 1. The molecule has 2 aromatic rings. The second-order valence-corrected chi connectivity index (χ2v) is 5.76. The summed E-state index contributed by atoms with van der Waals surface area (Å²) in [5.41, 5.74) is 8.24. The van der Waals surface area contributed by atoms with Crippen molar-refractivity contribution in [3.8, 4) is 17.0 Å². The van der Waals surface area contributed by atoms with Crippen molar-refractivity contribution >= 4 is 5.82 Å². The molecule has 0 spiro atoms. The maximum absolute atomic E-state index is 6.34. The van der Waals surface area contributed by atoms with Gasteiger partial charge in [-0.2, -0.15) is 0 Å². The molecule has 20 heavy (non-hydrogen) atoms. The van der Waals surface area contributed by atoms with Gasteiger partial charge in [0.2, 0.25) is 0 Å². The fourth-order valence-electron chi connectivity index (χ4n) is 3.19. The van der Waals surface area contributed by atoms with E-state index >= 15 is 0 Å². The summed E-state index contributed by atoms with van der Waals surface area (Å²) in [4.78, 5) is 4.78. The van der Waals surface area contributed by atoms with Crippen LogP contribution < -0.4 is 10.5 Å². The highest BCUT2D eigenvalue weighted by molar-refractivity contribution is 5.72. The minimum Gasteiger partial charge on any atom is -0.497 e. The molecule has 2 N–H and O–H groups in total. The van der Waals surface area contributed by atoms with Gasteiger partial charge in [0, 0.05) is 18.0 Å². The molecule has 0 saturated carbocycles. The minimum absolute atomic E-state index is 0.417. The minimum atomic E-state index is 0.417. The van der Waals surface area contributed by atoms with E-state index in [0.29, 0.717) is 12.0 Å². The molecular weight excluding hydrogens is 250 g/mol. The number of benzene rings is 1. The number of hydrogen-bond donors (Lipinski definition) is 1. The molecule has 0 saturated heterocycles. The average molecular weight is 271 g/mol. The van der Waals surface area contributed by atoms with Crippen LogP contribution in [0.25, 0.3) is 11.3 Å². The first-order chi connectivity index (χ1) is 9.60. The molecule has 2 heterocycles. The molecule has 0 radical (unpaired) electrons. The number of nitrogen functional groups attached to an aromatic ring is 1. The first-order valence-electron chi connectivity index (χ1n) is 7.11. The second-order valence-electron chi connectivity index (χ2n) is 5.76. The molecule has 1 aromatic carbocycles. The Labute approximate surface area is 119 Å². The topological polar surface area (TPSA) is 53.1 Å². The third-order valence-electron chi connectivity index (χ3n) is 4.08. The first kappa shape index (κ1) is 13.0. The molecule has 1 aliphatic rings. The van der Waals surface area contributed by atoms with E-state index in [0.717, 1.165) is 41.5 Å². The summed E-state index contributed by atoms with van der Waals surface area (Å²) in [6.45, 7) is 4.49. The van der Waals surface area contributed by atoms with Crippen molar-refractivity contribution in [1.29, 1.82) is 0 Å².